The van der Waals surface area contributed by atoms with Gasteiger partial charge in [0.05, 0.1) is 24.0 Å². The molecule has 1 fully saturated rings. The lowest BCUT2D eigenvalue weighted by Crippen LogP contribution is -2.45. The molecule has 0 bridgehead atoms. The number of aromatic amines is 1. The molecule has 0 radical (unpaired) electrons. The lowest BCUT2D eigenvalue weighted by molar-refractivity contribution is -0.255. The number of anilines is 2. The van der Waals surface area contributed by atoms with Gasteiger partial charge in [-0.25, -0.2) is 0 Å². The highest BCUT2D eigenvalue weighted by atomic mass is 19.4. The Morgan fingerprint density at radius 3 is 2.75 bits per heavy atom. The second kappa shape index (κ2) is 7.10. The van der Waals surface area contributed by atoms with E-state index >= 15 is 0 Å². The van der Waals surface area contributed by atoms with Crippen LogP contribution in [0.25, 0.3) is 10.9 Å². The van der Waals surface area contributed by atoms with Crippen molar-refractivity contribution in [3.05, 3.63) is 51.9 Å². The molecule has 3 aromatic rings. The molecule has 0 amide bonds. The standard InChI is InChI=1S/C22H20F3N5O2/c23-22(24,25)21(32)10-13-3-4-15(9-14(13)11-21)28-19-18-17(6-8-27-20(18)31)30(29-19)16(5-7-26)12-1-2-12/h3-4,6,8-9,12,16,32H,1-2,5,10-11H2,(H,27,31)(H,28,29)/t16-,21?/m0/s1. The van der Waals surface area contributed by atoms with Gasteiger partial charge in [0.2, 0.25) is 0 Å². The van der Waals surface area contributed by atoms with E-state index in [-0.39, 0.29) is 23.8 Å². The maximum Gasteiger partial charge on any atom is 0.417 e. The van der Waals surface area contributed by atoms with Gasteiger partial charge in [-0.1, -0.05) is 6.07 Å². The van der Waals surface area contributed by atoms with Gasteiger partial charge >= 0.3 is 6.18 Å². The molecule has 1 saturated carbocycles. The second-order valence-electron chi connectivity index (χ2n) is 8.62. The number of nitrogens with one attached hydrogen (secondary N) is 2. The Kier molecular flexibility index (Phi) is 4.57. The smallest absolute Gasteiger partial charge is 0.380 e. The summed E-state index contributed by atoms with van der Waals surface area (Å²) in [6, 6.07) is 8.48. The van der Waals surface area contributed by atoms with Crippen molar-refractivity contribution in [3.63, 3.8) is 0 Å². The summed E-state index contributed by atoms with van der Waals surface area (Å²) in [5.41, 5.74) is -1.23. The molecule has 32 heavy (non-hydrogen) atoms. The van der Waals surface area contributed by atoms with E-state index in [0.29, 0.717) is 33.6 Å². The Morgan fingerprint density at radius 1 is 1.31 bits per heavy atom. The summed E-state index contributed by atoms with van der Waals surface area (Å²) in [7, 11) is 0. The Balaban J connectivity index is 1.52. The summed E-state index contributed by atoms with van der Waals surface area (Å²) in [6.07, 6.45) is -1.96. The molecule has 2 aromatic heterocycles. The predicted octanol–water partition coefficient (Wildman–Crippen LogP) is 3.72. The maximum absolute atomic E-state index is 13.2. The highest BCUT2D eigenvalue weighted by Crippen LogP contribution is 2.44. The van der Waals surface area contributed by atoms with Gasteiger partial charge in [0.15, 0.2) is 11.4 Å². The topological polar surface area (TPSA) is 107 Å². The van der Waals surface area contributed by atoms with E-state index in [9.17, 15) is 28.3 Å². The van der Waals surface area contributed by atoms with Crippen LogP contribution < -0.4 is 10.9 Å². The minimum Gasteiger partial charge on any atom is -0.380 e. The van der Waals surface area contributed by atoms with Gasteiger partial charge in [-0.05, 0) is 48.1 Å². The lowest BCUT2D eigenvalue weighted by atomic mass is 10.0. The fraction of sp³-hybridized carbons (Fsp3) is 0.409. The number of halogens is 3. The van der Waals surface area contributed by atoms with Crippen LogP contribution >= 0.6 is 0 Å². The molecular formula is C22H20F3N5O2. The van der Waals surface area contributed by atoms with Crippen LogP contribution in [-0.2, 0) is 12.8 Å². The molecule has 0 spiro atoms. The fourth-order valence-electron chi connectivity index (χ4n) is 4.54. The first-order chi connectivity index (χ1) is 15.2. The number of fused-ring (bicyclic) bond motifs is 2. The number of benzene rings is 1. The Morgan fingerprint density at radius 2 is 2.06 bits per heavy atom. The van der Waals surface area contributed by atoms with Crippen molar-refractivity contribution in [1.29, 1.82) is 5.26 Å². The van der Waals surface area contributed by atoms with E-state index in [1.54, 1.807) is 28.9 Å². The van der Waals surface area contributed by atoms with Gasteiger partial charge in [0, 0.05) is 24.7 Å². The highest BCUT2D eigenvalue weighted by molar-refractivity contribution is 5.91. The molecule has 3 N–H and O–H groups in total. The number of nitrogens with zero attached hydrogens (tertiary/aromatic N) is 3. The zero-order valence-electron chi connectivity index (χ0n) is 16.9. The largest absolute Gasteiger partial charge is 0.417 e. The van der Waals surface area contributed by atoms with Crippen LogP contribution in [0.1, 0.15) is 36.4 Å². The normalized spacial score (nSPS) is 21.3. The van der Waals surface area contributed by atoms with Crippen LogP contribution in [0.5, 0.6) is 0 Å². The molecule has 2 aliphatic carbocycles. The molecule has 7 nitrogen and oxygen atoms in total. The highest BCUT2D eigenvalue weighted by Gasteiger charge is 2.56. The molecule has 5 rings (SSSR count). The van der Waals surface area contributed by atoms with Crippen LogP contribution in [0.2, 0.25) is 0 Å². The van der Waals surface area contributed by atoms with Crippen molar-refractivity contribution >= 4 is 22.4 Å². The van der Waals surface area contributed by atoms with E-state index < -0.39 is 24.6 Å². The Bertz CT molecular complexity index is 1300. The molecule has 1 unspecified atom stereocenters. The van der Waals surface area contributed by atoms with Crippen LogP contribution in [0.4, 0.5) is 24.7 Å². The second-order valence-corrected chi connectivity index (χ2v) is 8.62. The number of aromatic nitrogens is 3. The number of hydrogen-bond acceptors (Lipinski definition) is 5. The van der Waals surface area contributed by atoms with Gasteiger partial charge < -0.3 is 15.4 Å². The van der Waals surface area contributed by atoms with Crippen molar-refractivity contribution in [2.45, 2.75) is 49.9 Å². The van der Waals surface area contributed by atoms with Crippen molar-refractivity contribution in [1.82, 2.24) is 14.8 Å². The quantitative estimate of drug-likeness (QED) is 0.557. The summed E-state index contributed by atoms with van der Waals surface area (Å²) in [5, 5.41) is 27.3. The van der Waals surface area contributed by atoms with Crippen molar-refractivity contribution in [3.8, 4) is 6.07 Å². The number of rotatable bonds is 5. The summed E-state index contributed by atoms with van der Waals surface area (Å²) in [4.78, 5) is 15.2. The molecule has 0 aliphatic heterocycles. The number of alkyl halides is 3. The number of hydrogen-bond donors (Lipinski definition) is 3. The van der Waals surface area contributed by atoms with E-state index in [1.807, 2.05) is 0 Å². The van der Waals surface area contributed by atoms with Gasteiger partial charge in [-0.3, -0.25) is 9.48 Å². The zero-order valence-corrected chi connectivity index (χ0v) is 16.9. The van der Waals surface area contributed by atoms with Crippen LogP contribution in [0, 0.1) is 17.2 Å². The van der Waals surface area contributed by atoms with E-state index in [1.165, 1.54) is 6.20 Å². The van der Waals surface area contributed by atoms with Gasteiger partial charge in [0.25, 0.3) is 5.56 Å². The average molecular weight is 443 g/mol. The summed E-state index contributed by atoms with van der Waals surface area (Å²) < 4.78 is 41.5. The van der Waals surface area contributed by atoms with Gasteiger partial charge in [-0.15, -0.1) is 0 Å². The van der Waals surface area contributed by atoms with E-state index in [0.717, 1.165) is 12.8 Å². The average Bonchev–Trinajstić information content (AvgIpc) is 3.41. The summed E-state index contributed by atoms with van der Waals surface area (Å²) >= 11 is 0. The third-order valence-corrected chi connectivity index (χ3v) is 6.37. The molecule has 2 heterocycles. The zero-order chi connectivity index (χ0) is 22.7. The first-order valence-electron chi connectivity index (χ1n) is 10.3. The number of aliphatic hydroxyl groups is 1. The third-order valence-electron chi connectivity index (χ3n) is 6.37. The van der Waals surface area contributed by atoms with Crippen molar-refractivity contribution in [2.24, 2.45) is 5.92 Å². The Hall–Kier alpha value is -3.32. The van der Waals surface area contributed by atoms with Crippen molar-refractivity contribution in [2.75, 3.05) is 5.32 Å². The molecule has 2 aliphatic rings. The fourth-order valence-corrected chi connectivity index (χ4v) is 4.54. The van der Waals surface area contributed by atoms with Crippen molar-refractivity contribution < 1.29 is 18.3 Å². The first-order valence-corrected chi connectivity index (χ1v) is 10.3. The first kappa shape index (κ1) is 20.6. The number of pyridine rings is 1. The minimum atomic E-state index is -4.72. The summed E-state index contributed by atoms with van der Waals surface area (Å²) in [5.74, 6) is 0.597. The monoisotopic (exact) mass is 443 g/mol. The molecular weight excluding hydrogens is 423 g/mol. The van der Waals surface area contributed by atoms with E-state index in [2.05, 4.69) is 21.5 Å². The van der Waals surface area contributed by atoms with Crippen LogP contribution in [0.15, 0.2) is 35.3 Å². The Labute approximate surface area is 180 Å². The molecule has 10 heteroatoms. The lowest BCUT2D eigenvalue weighted by Gasteiger charge is -2.25. The van der Waals surface area contributed by atoms with E-state index in [4.69, 9.17) is 0 Å². The van der Waals surface area contributed by atoms with Crippen LogP contribution in [-0.4, -0.2) is 31.6 Å². The summed E-state index contributed by atoms with van der Waals surface area (Å²) in [6.45, 7) is 0. The van der Waals surface area contributed by atoms with Gasteiger partial charge in [-0.2, -0.15) is 23.5 Å². The molecule has 166 valence electrons. The SMILES string of the molecule is N#CC[C@@H](C1CC1)n1nc(Nc2ccc3c(c2)CC(O)(C(F)(F)F)C3)c2c(=O)[nH]ccc21. The third kappa shape index (κ3) is 3.33. The predicted molar refractivity (Wildman–Crippen MR) is 110 cm³/mol. The maximum atomic E-state index is 13.2. The van der Waals surface area contributed by atoms with Crippen LogP contribution in [0.3, 0.4) is 0 Å². The number of nitriles is 1. The molecule has 0 saturated heterocycles. The van der Waals surface area contributed by atoms with Gasteiger partial charge in [0.1, 0.15) is 5.39 Å². The molecule has 1 aromatic carbocycles. The molecule has 2 atom stereocenters. The number of H-pyrrole nitrogens is 1. The minimum absolute atomic E-state index is 0.151.